The maximum absolute atomic E-state index is 12.2. The lowest BCUT2D eigenvalue weighted by Gasteiger charge is -2.22. The van der Waals surface area contributed by atoms with E-state index in [1.54, 1.807) is 19.0 Å². The summed E-state index contributed by atoms with van der Waals surface area (Å²) in [6.07, 6.45) is 0.814. The molecule has 7 heteroatoms. The van der Waals surface area contributed by atoms with Crippen LogP contribution in [0.15, 0.2) is 59.6 Å². The Morgan fingerprint density at radius 1 is 1.03 bits per heavy atom. The van der Waals surface area contributed by atoms with Crippen LogP contribution in [-0.2, 0) is 6.42 Å². The minimum atomic E-state index is 0. The Morgan fingerprint density at radius 3 is 2.38 bits per heavy atom. The molecular weight excluding hydrogens is 513 g/mol. The van der Waals surface area contributed by atoms with Gasteiger partial charge in [0.1, 0.15) is 0 Å². The molecule has 1 amide bonds. The van der Waals surface area contributed by atoms with Gasteiger partial charge in [0.15, 0.2) is 5.96 Å². The summed E-state index contributed by atoms with van der Waals surface area (Å²) in [5.74, 6) is 1.28. The summed E-state index contributed by atoms with van der Waals surface area (Å²) >= 11 is 0. The van der Waals surface area contributed by atoms with Gasteiger partial charge < -0.3 is 20.9 Å². The van der Waals surface area contributed by atoms with Gasteiger partial charge in [-0.25, -0.2) is 0 Å². The predicted octanol–water partition coefficient (Wildman–Crippen LogP) is 4.24. The molecule has 0 aromatic heterocycles. The molecule has 1 atom stereocenters. The molecule has 0 bridgehead atoms. The van der Waals surface area contributed by atoms with Crippen molar-refractivity contribution in [1.29, 1.82) is 0 Å². The van der Waals surface area contributed by atoms with Crippen LogP contribution in [0.1, 0.15) is 36.7 Å². The van der Waals surface area contributed by atoms with Crippen LogP contribution in [0.5, 0.6) is 0 Å². The highest BCUT2D eigenvalue weighted by Gasteiger charge is 2.13. The molecule has 6 nitrogen and oxygen atoms in total. The molecule has 32 heavy (non-hydrogen) atoms. The van der Waals surface area contributed by atoms with E-state index in [4.69, 9.17) is 4.99 Å². The second kappa shape index (κ2) is 14.7. The molecule has 3 N–H and O–H groups in total. The smallest absolute Gasteiger partial charge is 0.253 e. The van der Waals surface area contributed by atoms with E-state index >= 15 is 0 Å². The van der Waals surface area contributed by atoms with E-state index in [1.807, 2.05) is 36.4 Å². The number of rotatable bonds is 10. The molecule has 0 aliphatic heterocycles. The van der Waals surface area contributed by atoms with E-state index in [1.165, 1.54) is 0 Å². The van der Waals surface area contributed by atoms with E-state index < -0.39 is 0 Å². The Bertz CT molecular complexity index is 839. The summed E-state index contributed by atoms with van der Waals surface area (Å²) in [7, 11) is 3.54. The largest absolute Gasteiger partial charge is 0.380 e. The van der Waals surface area contributed by atoms with Crippen LogP contribution in [0.3, 0.4) is 0 Å². The fourth-order valence-corrected chi connectivity index (χ4v) is 3.15. The summed E-state index contributed by atoms with van der Waals surface area (Å²) in [6.45, 7) is 8.70. The summed E-state index contributed by atoms with van der Waals surface area (Å²) in [5.41, 5.74) is 2.96. The second-order valence-electron chi connectivity index (χ2n) is 8.16. The number of para-hydroxylation sites is 1. The summed E-state index contributed by atoms with van der Waals surface area (Å²) in [6, 6.07) is 18.3. The molecule has 2 aromatic carbocycles. The lowest BCUT2D eigenvalue weighted by atomic mass is 10.0. The number of amides is 1. The third kappa shape index (κ3) is 9.46. The molecule has 0 aliphatic rings. The van der Waals surface area contributed by atoms with E-state index in [-0.39, 0.29) is 35.9 Å². The Balaban J connectivity index is 0.00000512. The van der Waals surface area contributed by atoms with Gasteiger partial charge >= 0.3 is 0 Å². The number of hydrogen-bond acceptors (Lipinski definition) is 3. The molecule has 0 saturated carbocycles. The molecule has 176 valence electrons. The van der Waals surface area contributed by atoms with E-state index in [0.717, 1.165) is 42.3 Å². The second-order valence-corrected chi connectivity index (χ2v) is 8.16. The van der Waals surface area contributed by atoms with Gasteiger partial charge in [0.2, 0.25) is 0 Å². The van der Waals surface area contributed by atoms with Crippen molar-refractivity contribution in [2.24, 2.45) is 10.9 Å². The van der Waals surface area contributed by atoms with Gasteiger partial charge in [-0.2, -0.15) is 0 Å². The zero-order valence-electron chi connectivity index (χ0n) is 19.9. The fourth-order valence-electron chi connectivity index (χ4n) is 3.15. The maximum Gasteiger partial charge on any atom is 0.253 e. The Hall–Kier alpha value is -2.29. The quantitative estimate of drug-likeness (QED) is 0.235. The lowest BCUT2D eigenvalue weighted by molar-refractivity contribution is 0.0827. The molecule has 0 radical (unpaired) electrons. The minimum absolute atomic E-state index is 0. The van der Waals surface area contributed by atoms with Crippen LogP contribution < -0.4 is 16.0 Å². The van der Waals surface area contributed by atoms with Crippen molar-refractivity contribution in [3.63, 3.8) is 0 Å². The number of nitrogens with zero attached hydrogens (tertiary/aromatic N) is 2. The number of anilines is 1. The van der Waals surface area contributed by atoms with Gasteiger partial charge in [0.05, 0.1) is 6.54 Å². The van der Waals surface area contributed by atoms with Gasteiger partial charge in [0.25, 0.3) is 5.91 Å². The van der Waals surface area contributed by atoms with Crippen LogP contribution >= 0.6 is 24.0 Å². The molecule has 0 saturated heterocycles. The number of hydrogen-bond donors (Lipinski definition) is 3. The number of carbonyl (C=O) groups is 1. The summed E-state index contributed by atoms with van der Waals surface area (Å²) < 4.78 is 0. The monoisotopic (exact) mass is 551 g/mol. The standard InChI is InChI=1S/C25H37N5O.HI/c1-6-26-25(28-18-23(19(2)3)29-22-13-8-7-9-14-22)27-16-15-20-11-10-12-21(17-20)24(31)30(4)5;/h7-14,17,19,23,29H,6,15-16,18H2,1-5H3,(H2,26,27,28);1H. The Kier molecular flexibility index (Phi) is 12.8. The first kappa shape index (κ1) is 27.7. The first-order valence-corrected chi connectivity index (χ1v) is 11.0. The number of nitrogens with one attached hydrogen (secondary N) is 3. The maximum atomic E-state index is 12.2. The fraction of sp³-hybridized carbons (Fsp3) is 0.440. The summed E-state index contributed by atoms with van der Waals surface area (Å²) in [4.78, 5) is 18.6. The number of aliphatic imine (C=N–C) groups is 1. The first-order valence-electron chi connectivity index (χ1n) is 11.0. The number of benzene rings is 2. The van der Waals surface area contributed by atoms with E-state index in [0.29, 0.717) is 12.5 Å². The predicted molar refractivity (Wildman–Crippen MR) is 146 cm³/mol. The van der Waals surface area contributed by atoms with Crippen molar-refractivity contribution in [2.45, 2.75) is 33.2 Å². The Labute approximate surface area is 210 Å². The zero-order chi connectivity index (χ0) is 22.6. The highest BCUT2D eigenvalue weighted by molar-refractivity contribution is 14.0. The van der Waals surface area contributed by atoms with Crippen LogP contribution in [0.2, 0.25) is 0 Å². The number of carbonyl (C=O) groups excluding carboxylic acids is 1. The van der Waals surface area contributed by atoms with Crippen LogP contribution in [0, 0.1) is 5.92 Å². The highest BCUT2D eigenvalue weighted by atomic mass is 127. The van der Waals surface area contributed by atoms with Crippen LogP contribution in [-0.4, -0.2) is 56.5 Å². The van der Waals surface area contributed by atoms with Crippen molar-refractivity contribution in [1.82, 2.24) is 15.5 Å². The third-order valence-electron chi connectivity index (χ3n) is 5.01. The molecule has 0 heterocycles. The van der Waals surface area contributed by atoms with Gasteiger partial charge in [0, 0.05) is 44.5 Å². The SMILES string of the molecule is CCNC(=NCC(Nc1ccccc1)C(C)C)NCCc1cccc(C(=O)N(C)C)c1.I. The van der Waals surface area contributed by atoms with Crippen LogP contribution in [0.4, 0.5) is 5.69 Å². The highest BCUT2D eigenvalue weighted by Crippen LogP contribution is 2.13. The molecule has 0 fully saturated rings. The Morgan fingerprint density at radius 2 is 1.75 bits per heavy atom. The van der Waals surface area contributed by atoms with Gasteiger partial charge in [-0.15, -0.1) is 24.0 Å². The average Bonchev–Trinajstić information content (AvgIpc) is 2.76. The van der Waals surface area contributed by atoms with E-state index in [9.17, 15) is 4.79 Å². The van der Waals surface area contributed by atoms with E-state index in [2.05, 4.69) is 54.9 Å². The molecule has 1 unspecified atom stereocenters. The lowest BCUT2D eigenvalue weighted by Crippen LogP contribution is -2.40. The molecule has 0 spiro atoms. The molecular formula is C25H38IN5O. The zero-order valence-corrected chi connectivity index (χ0v) is 22.2. The van der Waals surface area contributed by atoms with Crippen molar-refractivity contribution in [3.8, 4) is 0 Å². The summed E-state index contributed by atoms with van der Waals surface area (Å²) in [5, 5.41) is 10.3. The van der Waals surface area contributed by atoms with Crippen molar-refractivity contribution >= 4 is 41.5 Å². The average molecular weight is 552 g/mol. The van der Waals surface area contributed by atoms with Gasteiger partial charge in [-0.05, 0) is 49.1 Å². The normalized spacial score (nSPS) is 12.0. The van der Waals surface area contributed by atoms with Crippen molar-refractivity contribution in [3.05, 3.63) is 65.7 Å². The van der Waals surface area contributed by atoms with Crippen molar-refractivity contribution in [2.75, 3.05) is 39.0 Å². The number of guanidine groups is 1. The molecule has 0 aliphatic carbocycles. The van der Waals surface area contributed by atoms with Gasteiger partial charge in [-0.3, -0.25) is 9.79 Å². The topological polar surface area (TPSA) is 68.8 Å². The first-order chi connectivity index (χ1) is 14.9. The molecule has 2 rings (SSSR count). The van der Waals surface area contributed by atoms with Crippen LogP contribution in [0.25, 0.3) is 0 Å². The molecule has 2 aromatic rings. The van der Waals surface area contributed by atoms with Gasteiger partial charge in [-0.1, -0.05) is 44.2 Å². The number of halogens is 1. The minimum Gasteiger partial charge on any atom is -0.380 e. The van der Waals surface area contributed by atoms with Crippen molar-refractivity contribution < 1.29 is 4.79 Å². The third-order valence-corrected chi connectivity index (χ3v) is 5.01.